The van der Waals surface area contributed by atoms with Crippen molar-refractivity contribution < 1.29 is 4.74 Å². The monoisotopic (exact) mass is 232 g/mol. The standard InChI is InChI=1S/C16H24O/c1-11(2)12-6-8-14-13(10-12)7-9-15(17-14)16(3,4)5/h6,8,10-11,15H,7,9H2,1-5H3. The molecule has 1 aromatic carbocycles. The van der Waals surface area contributed by atoms with Gasteiger partial charge < -0.3 is 4.74 Å². The molecule has 0 saturated heterocycles. The molecule has 0 aliphatic carbocycles. The van der Waals surface area contributed by atoms with Gasteiger partial charge >= 0.3 is 0 Å². The summed E-state index contributed by atoms with van der Waals surface area (Å²) in [6, 6.07) is 6.68. The number of rotatable bonds is 1. The second-order valence-electron chi connectivity index (χ2n) is 6.53. The quantitative estimate of drug-likeness (QED) is 0.690. The fraction of sp³-hybridized carbons (Fsp3) is 0.625. The average Bonchev–Trinajstić information content (AvgIpc) is 2.26. The number of aryl methyl sites for hydroxylation is 1. The SMILES string of the molecule is CC(C)c1ccc2c(c1)CCC(C(C)(C)C)O2. The maximum atomic E-state index is 6.13. The Balaban J connectivity index is 2.23. The maximum Gasteiger partial charge on any atom is 0.122 e. The van der Waals surface area contributed by atoms with Crippen molar-refractivity contribution in [3.8, 4) is 5.75 Å². The summed E-state index contributed by atoms with van der Waals surface area (Å²) in [7, 11) is 0. The van der Waals surface area contributed by atoms with Gasteiger partial charge in [0, 0.05) is 0 Å². The second-order valence-corrected chi connectivity index (χ2v) is 6.53. The molecule has 1 heteroatoms. The minimum atomic E-state index is 0.231. The third kappa shape index (κ3) is 2.65. The van der Waals surface area contributed by atoms with E-state index in [0.717, 1.165) is 18.6 Å². The molecule has 0 fully saturated rings. The largest absolute Gasteiger partial charge is 0.490 e. The van der Waals surface area contributed by atoms with Crippen LogP contribution >= 0.6 is 0 Å². The van der Waals surface area contributed by atoms with Gasteiger partial charge in [0.15, 0.2) is 0 Å². The van der Waals surface area contributed by atoms with Crippen molar-refractivity contribution in [2.24, 2.45) is 5.41 Å². The van der Waals surface area contributed by atoms with Crippen LogP contribution in [0.2, 0.25) is 0 Å². The van der Waals surface area contributed by atoms with Crippen LogP contribution in [-0.2, 0) is 6.42 Å². The molecule has 1 atom stereocenters. The van der Waals surface area contributed by atoms with Crippen LogP contribution in [0.1, 0.15) is 58.1 Å². The summed E-state index contributed by atoms with van der Waals surface area (Å²) in [5.41, 5.74) is 3.03. The number of benzene rings is 1. The molecule has 0 N–H and O–H groups in total. The van der Waals surface area contributed by atoms with Gasteiger partial charge in [0.05, 0.1) is 0 Å². The lowest BCUT2D eigenvalue weighted by molar-refractivity contribution is 0.0674. The van der Waals surface area contributed by atoms with Crippen molar-refractivity contribution in [1.29, 1.82) is 0 Å². The molecular formula is C16H24O. The van der Waals surface area contributed by atoms with Gasteiger partial charge in [-0.25, -0.2) is 0 Å². The van der Waals surface area contributed by atoms with E-state index in [1.807, 2.05) is 0 Å². The molecule has 0 radical (unpaired) electrons. The van der Waals surface area contributed by atoms with Crippen LogP contribution in [0.3, 0.4) is 0 Å². The molecule has 0 bridgehead atoms. The summed E-state index contributed by atoms with van der Waals surface area (Å²) < 4.78 is 6.13. The molecule has 94 valence electrons. The topological polar surface area (TPSA) is 9.23 Å². The molecule has 0 aromatic heterocycles. The lowest BCUT2D eigenvalue weighted by atomic mass is 9.83. The summed E-state index contributed by atoms with van der Waals surface area (Å²) >= 11 is 0. The predicted octanol–water partition coefficient (Wildman–Crippen LogP) is 4.55. The van der Waals surface area contributed by atoms with Crippen LogP contribution in [-0.4, -0.2) is 6.10 Å². The van der Waals surface area contributed by atoms with Gasteiger partial charge in [-0.2, -0.15) is 0 Å². The van der Waals surface area contributed by atoms with Crippen LogP contribution in [0.4, 0.5) is 0 Å². The lowest BCUT2D eigenvalue weighted by Crippen LogP contribution is -2.35. The van der Waals surface area contributed by atoms with Gasteiger partial charge in [0.25, 0.3) is 0 Å². The highest BCUT2D eigenvalue weighted by molar-refractivity contribution is 5.40. The Morgan fingerprint density at radius 2 is 1.94 bits per heavy atom. The van der Waals surface area contributed by atoms with Gasteiger partial charge in [0.2, 0.25) is 0 Å². The molecule has 1 aliphatic heterocycles. The van der Waals surface area contributed by atoms with E-state index in [9.17, 15) is 0 Å². The van der Waals surface area contributed by atoms with Crippen molar-refractivity contribution in [2.75, 3.05) is 0 Å². The Hall–Kier alpha value is -0.980. The lowest BCUT2D eigenvalue weighted by Gasteiger charge is -2.35. The molecule has 0 spiro atoms. The highest BCUT2D eigenvalue weighted by atomic mass is 16.5. The van der Waals surface area contributed by atoms with E-state index in [4.69, 9.17) is 4.74 Å². The molecule has 1 aromatic rings. The summed E-state index contributed by atoms with van der Waals surface area (Å²) in [5, 5.41) is 0. The van der Waals surface area contributed by atoms with Crippen molar-refractivity contribution >= 4 is 0 Å². The van der Waals surface area contributed by atoms with Crippen LogP contribution in [0, 0.1) is 5.41 Å². The highest BCUT2D eigenvalue weighted by Gasteiger charge is 2.30. The van der Waals surface area contributed by atoms with Gasteiger partial charge in [-0.1, -0.05) is 46.8 Å². The molecule has 17 heavy (non-hydrogen) atoms. The first-order chi connectivity index (χ1) is 7.88. The Bertz CT molecular complexity index is 398. The minimum Gasteiger partial charge on any atom is -0.490 e. The number of hydrogen-bond acceptors (Lipinski definition) is 1. The summed E-state index contributed by atoms with van der Waals surface area (Å²) in [6.45, 7) is 11.2. The zero-order valence-electron chi connectivity index (χ0n) is 11.7. The van der Waals surface area contributed by atoms with E-state index < -0.39 is 0 Å². The summed E-state index contributed by atoms with van der Waals surface area (Å²) in [6.07, 6.45) is 2.63. The van der Waals surface area contributed by atoms with Crippen LogP contribution in [0.15, 0.2) is 18.2 Å². The fourth-order valence-electron chi connectivity index (χ4n) is 2.38. The molecule has 1 nitrogen and oxygen atoms in total. The van der Waals surface area contributed by atoms with E-state index in [2.05, 4.69) is 52.8 Å². The van der Waals surface area contributed by atoms with Gasteiger partial charge in [0.1, 0.15) is 11.9 Å². The second kappa shape index (κ2) is 4.36. The van der Waals surface area contributed by atoms with E-state index in [0.29, 0.717) is 12.0 Å². The molecule has 1 unspecified atom stereocenters. The van der Waals surface area contributed by atoms with Gasteiger partial charge in [-0.15, -0.1) is 0 Å². The molecule has 1 aliphatic rings. The number of fused-ring (bicyclic) bond motifs is 1. The van der Waals surface area contributed by atoms with Crippen molar-refractivity contribution in [2.45, 2.75) is 59.5 Å². The zero-order valence-corrected chi connectivity index (χ0v) is 11.7. The van der Waals surface area contributed by atoms with E-state index in [1.54, 1.807) is 0 Å². The fourth-order valence-corrected chi connectivity index (χ4v) is 2.38. The van der Waals surface area contributed by atoms with Gasteiger partial charge in [-0.05, 0) is 41.4 Å². The Kier molecular flexibility index (Phi) is 3.20. The first-order valence-electron chi connectivity index (χ1n) is 6.67. The van der Waals surface area contributed by atoms with Crippen molar-refractivity contribution in [3.05, 3.63) is 29.3 Å². The predicted molar refractivity (Wildman–Crippen MR) is 72.7 cm³/mol. The Labute approximate surface area is 105 Å². The minimum absolute atomic E-state index is 0.231. The third-order valence-corrected chi connectivity index (χ3v) is 3.66. The van der Waals surface area contributed by atoms with E-state index in [1.165, 1.54) is 11.1 Å². The van der Waals surface area contributed by atoms with Crippen LogP contribution in [0.5, 0.6) is 5.75 Å². The van der Waals surface area contributed by atoms with E-state index >= 15 is 0 Å². The van der Waals surface area contributed by atoms with Crippen molar-refractivity contribution in [3.63, 3.8) is 0 Å². The van der Waals surface area contributed by atoms with Crippen LogP contribution in [0.25, 0.3) is 0 Å². The number of hydrogen-bond donors (Lipinski definition) is 0. The summed E-state index contributed by atoms with van der Waals surface area (Å²) in [4.78, 5) is 0. The first-order valence-corrected chi connectivity index (χ1v) is 6.67. The third-order valence-electron chi connectivity index (χ3n) is 3.66. The molecule has 1 heterocycles. The van der Waals surface area contributed by atoms with Crippen molar-refractivity contribution in [1.82, 2.24) is 0 Å². The number of ether oxygens (including phenoxy) is 1. The smallest absolute Gasteiger partial charge is 0.122 e. The Morgan fingerprint density at radius 3 is 2.53 bits per heavy atom. The highest BCUT2D eigenvalue weighted by Crippen LogP contribution is 2.36. The average molecular weight is 232 g/mol. The first kappa shape index (κ1) is 12.5. The molecule has 0 saturated carbocycles. The molecule has 0 amide bonds. The molecule has 2 rings (SSSR count). The van der Waals surface area contributed by atoms with Gasteiger partial charge in [-0.3, -0.25) is 0 Å². The zero-order chi connectivity index (χ0) is 12.6. The summed E-state index contributed by atoms with van der Waals surface area (Å²) in [5.74, 6) is 1.70. The molecular weight excluding hydrogens is 208 g/mol. The normalized spacial score (nSPS) is 20.0. The van der Waals surface area contributed by atoms with Crippen LogP contribution < -0.4 is 4.74 Å². The Morgan fingerprint density at radius 1 is 1.24 bits per heavy atom. The maximum absolute atomic E-state index is 6.13. The van der Waals surface area contributed by atoms with E-state index in [-0.39, 0.29) is 5.41 Å².